The fourth-order valence-corrected chi connectivity index (χ4v) is 3.71. The molecule has 0 spiro atoms. The van der Waals surface area contributed by atoms with Gasteiger partial charge in [-0.3, -0.25) is 4.79 Å². The largest absolute Gasteiger partial charge is 0.355 e. The summed E-state index contributed by atoms with van der Waals surface area (Å²) >= 11 is 9.31. The standard InChI is InChI=1S/C19H26ClN5OS2/c1-24(2)18(26)14-23-19(25(3)11-8-17-21-9-13-28-17)22-10-12-27-16-6-4-15(20)5-7-16/h4-7,9,13H,8,10-12,14H2,1-3H3,(H,22,23). The van der Waals surface area contributed by atoms with Crippen molar-refractivity contribution in [1.29, 1.82) is 0 Å². The Balaban J connectivity index is 1.87. The van der Waals surface area contributed by atoms with Crippen molar-refractivity contribution in [3.8, 4) is 0 Å². The maximum Gasteiger partial charge on any atom is 0.243 e. The predicted molar refractivity (Wildman–Crippen MR) is 120 cm³/mol. The van der Waals surface area contributed by atoms with Crippen molar-refractivity contribution < 1.29 is 4.79 Å². The maximum atomic E-state index is 11.9. The number of thiazole rings is 1. The number of hydrogen-bond acceptors (Lipinski definition) is 5. The highest BCUT2D eigenvalue weighted by Gasteiger charge is 2.10. The van der Waals surface area contributed by atoms with E-state index in [1.165, 1.54) is 4.90 Å². The average molecular weight is 440 g/mol. The zero-order chi connectivity index (χ0) is 20.4. The van der Waals surface area contributed by atoms with E-state index in [0.717, 1.165) is 41.3 Å². The van der Waals surface area contributed by atoms with E-state index in [-0.39, 0.29) is 12.5 Å². The van der Waals surface area contributed by atoms with Crippen molar-refractivity contribution in [2.24, 2.45) is 4.99 Å². The molecule has 0 fully saturated rings. The Labute approximate surface area is 180 Å². The van der Waals surface area contributed by atoms with E-state index in [4.69, 9.17) is 11.6 Å². The summed E-state index contributed by atoms with van der Waals surface area (Å²) in [5, 5.41) is 7.18. The Morgan fingerprint density at radius 2 is 2.04 bits per heavy atom. The van der Waals surface area contributed by atoms with Gasteiger partial charge in [0.05, 0.1) is 5.01 Å². The SMILES string of the molecule is CN(C)C(=O)CN=C(NCCSc1ccc(Cl)cc1)N(C)CCc1nccs1. The van der Waals surface area contributed by atoms with Gasteiger partial charge in [-0.05, 0) is 24.3 Å². The minimum Gasteiger partial charge on any atom is -0.355 e. The molecule has 6 nitrogen and oxygen atoms in total. The second-order valence-electron chi connectivity index (χ2n) is 6.25. The summed E-state index contributed by atoms with van der Waals surface area (Å²) < 4.78 is 0. The molecule has 28 heavy (non-hydrogen) atoms. The number of amides is 1. The number of carbonyl (C=O) groups excluding carboxylic acids is 1. The fourth-order valence-electron chi connectivity index (χ4n) is 2.20. The lowest BCUT2D eigenvalue weighted by Gasteiger charge is -2.22. The second kappa shape index (κ2) is 11.9. The van der Waals surface area contributed by atoms with Crippen molar-refractivity contribution in [3.63, 3.8) is 0 Å². The second-order valence-corrected chi connectivity index (χ2v) is 8.84. The van der Waals surface area contributed by atoms with Crippen LogP contribution in [-0.4, -0.2) is 73.2 Å². The van der Waals surface area contributed by atoms with Crippen LogP contribution in [0.5, 0.6) is 0 Å². The lowest BCUT2D eigenvalue weighted by molar-refractivity contribution is -0.127. The molecule has 1 aromatic heterocycles. The maximum absolute atomic E-state index is 11.9. The van der Waals surface area contributed by atoms with Gasteiger partial charge in [0.25, 0.3) is 0 Å². The zero-order valence-electron chi connectivity index (χ0n) is 16.4. The number of benzene rings is 1. The number of carbonyl (C=O) groups is 1. The van der Waals surface area contributed by atoms with E-state index in [9.17, 15) is 4.79 Å². The molecule has 0 unspecified atom stereocenters. The van der Waals surface area contributed by atoms with Gasteiger partial charge in [0.15, 0.2) is 5.96 Å². The Morgan fingerprint density at radius 1 is 1.29 bits per heavy atom. The summed E-state index contributed by atoms with van der Waals surface area (Å²) in [6.45, 7) is 1.64. The van der Waals surface area contributed by atoms with Crippen molar-refractivity contribution >= 4 is 46.6 Å². The summed E-state index contributed by atoms with van der Waals surface area (Å²) in [5.41, 5.74) is 0. The monoisotopic (exact) mass is 439 g/mol. The Hall–Kier alpha value is -1.77. The third-order valence-corrected chi connectivity index (χ3v) is 5.94. The Kier molecular flexibility index (Phi) is 9.60. The highest BCUT2D eigenvalue weighted by molar-refractivity contribution is 7.99. The van der Waals surface area contributed by atoms with Gasteiger partial charge >= 0.3 is 0 Å². The molecule has 152 valence electrons. The van der Waals surface area contributed by atoms with Gasteiger partial charge in [-0.2, -0.15) is 0 Å². The molecule has 1 N–H and O–H groups in total. The highest BCUT2D eigenvalue weighted by atomic mass is 35.5. The van der Waals surface area contributed by atoms with Crippen LogP contribution in [0.2, 0.25) is 5.02 Å². The molecule has 1 aromatic carbocycles. The number of nitrogens with zero attached hydrogens (tertiary/aromatic N) is 4. The number of thioether (sulfide) groups is 1. The molecule has 0 aliphatic rings. The van der Waals surface area contributed by atoms with Crippen molar-refractivity contribution in [1.82, 2.24) is 20.1 Å². The molecular weight excluding hydrogens is 414 g/mol. The first kappa shape index (κ1) is 22.5. The summed E-state index contributed by atoms with van der Waals surface area (Å²) in [5.74, 6) is 1.58. The first-order chi connectivity index (χ1) is 13.5. The minimum absolute atomic E-state index is 0.0248. The first-order valence-corrected chi connectivity index (χ1v) is 11.2. The van der Waals surface area contributed by atoms with Crippen molar-refractivity contribution in [3.05, 3.63) is 45.9 Å². The molecule has 0 aliphatic heterocycles. The molecule has 0 saturated heterocycles. The number of halogens is 1. The summed E-state index contributed by atoms with van der Waals surface area (Å²) in [4.78, 5) is 25.5. The molecule has 2 rings (SSSR count). The first-order valence-electron chi connectivity index (χ1n) is 8.92. The quantitative estimate of drug-likeness (QED) is 0.281. The third kappa shape index (κ3) is 8.08. The summed E-state index contributed by atoms with van der Waals surface area (Å²) in [6, 6.07) is 7.81. The van der Waals surface area contributed by atoms with E-state index in [1.807, 2.05) is 47.8 Å². The van der Waals surface area contributed by atoms with E-state index < -0.39 is 0 Å². The lowest BCUT2D eigenvalue weighted by Crippen LogP contribution is -2.41. The molecule has 1 amide bonds. The molecule has 9 heteroatoms. The average Bonchev–Trinajstić information content (AvgIpc) is 3.20. The van der Waals surface area contributed by atoms with Crippen LogP contribution in [0.15, 0.2) is 45.7 Å². The van der Waals surface area contributed by atoms with Crippen LogP contribution in [0.1, 0.15) is 5.01 Å². The lowest BCUT2D eigenvalue weighted by atomic mass is 10.4. The highest BCUT2D eigenvalue weighted by Crippen LogP contribution is 2.19. The molecule has 0 bridgehead atoms. The van der Waals surface area contributed by atoms with Crippen molar-refractivity contribution in [2.75, 3.05) is 46.5 Å². The van der Waals surface area contributed by atoms with E-state index >= 15 is 0 Å². The Bertz CT molecular complexity index is 750. The fraction of sp³-hybridized carbons (Fsp3) is 0.421. The topological polar surface area (TPSA) is 60.8 Å². The molecule has 0 saturated carbocycles. The molecule has 1 heterocycles. The number of aliphatic imine (C=N–C) groups is 1. The Morgan fingerprint density at radius 3 is 2.68 bits per heavy atom. The number of nitrogens with one attached hydrogen (secondary N) is 1. The van der Waals surface area contributed by atoms with Gasteiger partial charge in [0.1, 0.15) is 6.54 Å². The van der Waals surface area contributed by atoms with Crippen LogP contribution in [0.25, 0.3) is 0 Å². The van der Waals surface area contributed by atoms with Crippen LogP contribution >= 0.6 is 34.7 Å². The zero-order valence-corrected chi connectivity index (χ0v) is 18.8. The number of guanidine groups is 1. The van der Waals surface area contributed by atoms with Crippen molar-refractivity contribution in [2.45, 2.75) is 11.3 Å². The van der Waals surface area contributed by atoms with Crippen LogP contribution in [-0.2, 0) is 11.2 Å². The van der Waals surface area contributed by atoms with E-state index in [2.05, 4.69) is 15.3 Å². The van der Waals surface area contributed by atoms with Gasteiger partial charge in [0, 0.05) is 67.9 Å². The van der Waals surface area contributed by atoms with Gasteiger partial charge in [-0.1, -0.05) is 11.6 Å². The molecular formula is C19H26ClN5OS2. The normalized spacial score (nSPS) is 11.4. The molecule has 2 aromatic rings. The molecule has 0 atom stereocenters. The van der Waals surface area contributed by atoms with Crippen LogP contribution in [0.3, 0.4) is 0 Å². The van der Waals surface area contributed by atoms with Gasteiger partial charge < -0.3 is 15.1 Å². The summed E-state index contributed by atoms with van der Waals surface area (Å²) in [6.07, 6.45) is 2.66. The third-order valence-electron chi connectivity index (χ3n) is 3.84. The van der Waals surface area contributed by atoms with Crippen LogP contribution in [0, 0.1) is 0 Å². The predicted octanol–water partition coefficient (Wildman–Crippen LogP) is 3.10. The number of aromatic nitrogens is 1. The number of hydrogen-bond donors (Lipinski definition) is 1. The molecule has 0 aliphatic carbocycles. The van der Waals surface area contributed by atoms with Gasteiger partial charge in [-0.25, -0.2) is 9.98 Å². The van der Waals surface area contributed by atoms with Crippen LogP contribution < -0.4 is 5.32 Å². The summed E-state index contributed by atoms with van der Waals surface area (Å²) in [7, 11) is 5.45. The van der Waals surface area contributed by atoms with E-state index in [1.54, 1.807) is 42.1 Å². The smallest absolute Gasteiger partial charge is 0.243 e. The van der Waals surface area contributed by atoms with E-state index in [0.29, 0.717) is 0 Å². The minimum atomic E-state index is -0.0248. The van der Waals surface area contributed by atoms with Crippen LogP contribution in [0.4, 0.5) is 0 Å². The van der Waals surface area contributed by atoms with Gasteiger partial charge in [-0.15, -0.1) is 23.1 Å². The van der Waals surface area contributed by atoms with Gasteiger partial charge in [0.2, 0.25) is 5.91 Å². The molecule has 0 radical (unpaired) electrons. The number of rotatable bonds is 9. The number of likely N-dealkylation sites (N-methyl/N-ethyl adjacent to an activating group) is 2.